The summed E-state index contributed by atoms with van der Waals surface area (Å²) in [5, 5.41) is 2.94. The van der Waals surface area contributed by atoms with Crippen LogP contribution in [0, 0.1) is 13.8 Å². The minimum absolute atomic E-state index is 0.0817. The molecule has 3 aromatic rings. The van der Waals surface area contributed by atoms with Crippen LogP contribution in [0.5, 0.6) is 0 Å². The van der Waals surface area contributed by atoms with E-state index in [4.69, 9.17) is 0 Å². The summed E-state index contributed by atoms with van der Waals surface area (Å²) in [5.41, 5.74) is 2.60. The molecule has 1 N–H and O–H groups in total. The molecule has 0 fully saturated rings. The Morgan fingerprint density at radius 1 is 0.895 bits per heavy atom. The lowest BCUT2D eigenvalue weighted by Gasteiger charge is -2.33. The van der Waals surface area contributed by atoms with Crippen molar-refractivity contribution in [1.82, 2.24) is 10.2 Å². The van der Waals surface area contributed by atoms with Crippen LogP contribution in [0.2, 0.25) is 0 Å². The zero-order valence-electron chi connectivity index (χ0n) is 22.9. The number of carbonyl (C=O) groups is 2. The van der Waals surface area contributed by atoms with Crippen molar-refractivity contribution in [2.24, 2.45) is 0 Å². The highest BCUT2D eigenvalue weighted by molar-refractivity contribution is 7.92. The molecule has 0 aromatic heterocycles. The second kappa shape index (κ2) is 11.8. The van der Waals surface area contributed by atoms with E-state index < -0.39 is 34.1 Å². The van der Waals surface area contributed by atoms with Crippen LogP contribution in [-0.2, 0) is 26.2 Å². The summed E-state index contributed by atoms with van der Waals surface area (Å²) in [6.45, 7) is 10.8. The van der Waals surface area contributed by atoms with Gasteiger partial charge in [0.2, 0.25) is 11.8 Å². The van der Waals surface area contributed by atoms with Crippen molar-refractivity contribution in [3.05, 3.63) is 95.6 Å². The maximum Gasteiger partial charge on any atom is 0.264 e. The third-order valence-electron chi connectivity index (χ3n) is 6.17. The van der Waals surface area contributed by atoms with Crippen molar-refractivity contribution in [3.63, 3.8) is 0 Å². The molecule has 0 aliphatic carbocycles. The zero-order chi connectivity index (χ0) is 28.1. The van der Waals surface area contributed by atoms with Gasteiger partial charge in [-0.3, -0.25) is 13.9 Å². The highest BCUT2D eigenvalue weighted by atomic mass is 32.2. The molecule has 7 nitrogen and oxygen atoms in total. The average molecular weight is 536 g/mol. The fourth-order valence-electron chi connectivity index (χ4n) is 4.06. The van der Waals surface area contributed by atoms with E-state index in [1.807, 2.05) is 65.0 Å². The minimum atomic E-state index is -4.07. The van der Waals surface area contributed by atoms with E-state index in [0.29, 0.717) is 5.69 Å². The molecule has 0 unspecified atom stereocenters. The summed E-state index contributed by atoms with van der Waals surface area (Å²) in [6, 6.07) is 21.9. The van der Waals surface area contributed by atoms with E-state index in [0.717, 1.165) is 21.0 Å². The molecule has 0 aliphatic rings. The van der Waals surface area contributed by atoms with Crippen LogP contribution in [0.3, 0.4) is 0 Å². The first-order valence-electron chi connectivity index (χ1n) is 12.6. The maximum absolute atomic E-state index is 14.0. The number of aryl methyl sites for hydroxylation is 2. The Balaban J connectivity index is 2.04. The van der Waals surface area contributed by atoms with Crippen LogP contribution in [-0.4, -0.2) is 43.3 Å². The van der Waals surface area contributed by atoms with Crippen molar-refractivity contribution in [2.45, 2.75) is 64.6 Å². The number of nitrogens with zero attached hydrogens (tertiary/aromatic N) is 2. The number of hydrogen-bond donors (Lipinski definition) is 1. The van der Waals surface area contributed by atoms with Crippen LogP contribution in [0.25, 0.3) is 0 Å². The lowest BCUT2D eigenvalue weighted by atomic mass is 10.1. The summed E-state index contributed by atoms with van der Waals surface area (Å²) >= 11 is 0. The van der Waals surface area contributed by atoms with E-state index >= 15 is 0 Å². The van der Waals surface area contributed by atoms with Gasteiger partial charge in [-0.05, 0) is 82.5 Å². The molecule has 0 heterocycles. The Bertz CT molecular complexity index is 1380. The van der Waals surface area contributed by atoms with Gasteiger partial charge in [0.05, 0.1) is 10.6 Å². The Morgan fingerprint density at radius 2 is 1.53 bits per heavy atom. The molecule has 38 heavy (non-hydrogen) atoms. The standard InChI is InChI=1S/C30H37N3O4S/c1-22-13-12-16-26(19-22)33(38(36,37)27-17-8-7-9-18-27)21-28(34)32(20-25-15-11-10-14-23(25)2)24(3)29(35)31-30(4,5)6/h7-19,24H,20-21H2,1-6H3,(H,31,35)/t24-/m0/s1. The normalized spacial score (nSPS) is 12.5. The Labute approximate surface area is 226 Å². The molecular weight excluding hydrogens is 498 g/mol. The monoisotopic (exact) mass is 535 g/mol. The van der Waals surface area contributed by atoms with Crippen molar-refractivity contribution < 1.29 is 18.0 Å². The fraction of sp³-hybridized carbons (Fsp3) is 0.333. The Kier molecular flexibility index (Phi) is 8.99. The summed E-state index contributed by atoms with van der Waals surface area (Å²) in [5.74, 6) is -0.793. The van der Waals surface area contributed by atoms with Gasteiger partial charge < -0.3 is 10.2 Å². The topological polar surface area (TPSA) is 86.8 Å². The summed E-state index contributed by atoms with van der Waals surface area (Å²) in [7, 11) is -4.07. The number of hydrogen-bond acceptors (Lipinski definition) is 4. The minimum Gasteiger partial charge on any atom is -0.350 e. The first kappa shape index (κ1) is 28.9. The molecule has 0 saturated heterocycles. The summed E-state index contributed by atoms with van der Waals surface area (Å²) in [4.78, 5) is 28.7. The van der Waals surface area contributed by atoms with Crippen LogP contribution in [0.4, 0.5) is 5.69 Å². The van der Waals surface area contributed by atoms with E-state index in [9.17, 15) is 18.0 Å². The second-order valence-corrected chi connectivity index (χ2v) is 12.4. The van der Waals surface area contributed by atoms with E-state index in [2.05, 4.69) is 5.32 Å². The third-order valence-corrected chi connectivity index (χ3v) is 7.96. The molecule has 1 atom stereocenters. The number of amides is 2. The smallest absolute Gasteiger partial charge is 0.264 e. The molecule has 0 spiro atoms. The molecule has 0 saturated carbocycles. The van der Waals surface area contributed by atoms with E-state index in [-0.39, 0.29) is 17.3 Å². The molecule has 0 bridgehead atoms. The zero-order valence-corrected chi connectivity index (χ0v) is 23.7. The fourth-order valence-corrected chi connectivity index (χ4v) is 5.49. The van der Waals surface area contributed by atoms with Gasteiger partial charge in [-0.25, -0.2) is 8.42 Å². The highest BCUT2D eigenvalue weighted by Crippen LogP contribution is 2.25. The number of anilines is 1. The van der Waals surface area contributed by atoms with Crippen molar-refractivity contribution >= 4 is 27.5 Å². The Morgan fingerprint density at radius 3 is 2.13 bits per heavy atom. The predicted octanol–water partition coefficient (Wildman–Crippen LogP) is 4.83. The van der Waals surface area contributed by atoms with Crippen LogP contribution >= 0.6 is 0 Å². The number of rotatable bonds is 9. The van der Waals surface area contributed by atoms with Crippen molar-refractivity contribution in [1.29, 1.82) is 0 Å². The van der Waals surface area contributed by atoms with Crippen LogP contribution in [0.15, 0.2) is 83.8 Å². The highest BCUT2D eigenvalue weighted by Gasteiger charge is 2.33. The molecule has 8 heteroatoms. The van der Waals surface area contributed by atoms with Crippen molar-refractivity contribution in [3.8, 4) is 0 Å². The molecular formula is C30H37N3O4S. The van der Waals surface area contributed by atoms with Crippen LogP contribution < -0.4 is 9.62 Å². The number of sulfonamides is 1. The molecule has 0 aliphatic heterocycles. The van der Waals surface area contributed by atoms with Crippen molar-refractivity contribution in [2.75, 3.05) is 10.8 Å². The van der Waals surface area contributed by atoms with Gasteiger partial charge in [0.15, 0.2) is 0 Å². The first-order valence-corrected chi connectivity index (χ1v) is 14.0. The van der Waals surface area contributed by atoms with Gasteiger partial charge in [-0.15, -0.1) is 0 Å². The lowest BCUT2D eigenvalue weighted by Crippen LogP contribution is -2.54. The van der Waals surface area contributed by atoms with E-state index in [1.54, 1.807) is 43.3 Å². The van der Waals surface area contributed by atoms with Gasteiger partial charge in [0, 0.05) is 12.1 Å². The molecule has 202 valence electrons. The molecule has 0 radical (unpaired) electrons. The predicted molar refractivity (Wildman–Crippen MR) is 151 cm³/mol. The number of nitrogens with one attached hydrogen (secondary N) is 1. The van der Waals surface area contributed by atoms with Gasteiger partial charge >= 0.3 is 0 Å². The molecule has 2 amide bonds. The van der Waals surface area contributed by atoms with E-state index in [1.165, 1.54) is 17.0 Å². The SMILES string of the molecule is Cc1cccc(N(CC(=O)N(Cc2ccccc2C)[C@@H](C)C(=O)NC(C)(C)C)S(=O)(=O)c2ccccc2)c1. The third kappa shape index (κ3) is 7.22. The maximum atomic E-state index is 14.0. The summed E-state index contributed by atoms with van der Waals surface area (Å²) in [6.07, 6.45) is 0. The summed E-state index contributed by atoms with van der Waals surface area (Å²) < 4.78 is 28.7. The molecule has 3 aromatic carbocycles. The first-order chi connectivity index (χ1) is 17.8. The van der Waals surface area contributed by atoms with Gasteiger partial charge in [-0.1, -0.05) is 54.6 Å². The lowest BCUT2D eigenvalue weighted by molar-refractivity contribution is -0.140. The number of carbonyl (C=O) groups excluding carboxylic acids is 2. The average Bonchev–Trinajstić information content (AvgIpc) is 2.85. The second-order valence-electron chi connectivity index (χ2n) is 10.5. The van der Waals surface area contributed by atoms with Gasteiger partial charge in [-0.2, -0.15) is 0 Å². The van der Waals surface area contributed by atoms with Gasteiger partial charge in [0.1, 0.15) is 12.6 Å². The number of benzene rings is 3. The quantitative estimate of drug-likeness (QED) is 0.425. The van der Waals surface area contributed by atoms with Gasteiger partial charge in [0.25, 0.3) is 10.0 Å². The van der Waals surface area contributed by atoms with Crippen LogP contribution in [0.1, 0.15) is 44.4 Å². The Hall–Kier alpha value is -3.65. The molecule has 3 rings (SSSR count). The largest absolute Gasteiger partial charge is 0.350 e.